The van der Waals surface area contributed by atoms with Crippen molar-refractivity contribution in [2.75, 3.05) is 30.4 Å². The number of hydrogen-bond acceptors (Lipinski definition) is 5. The van der Waals surface area contributed by atoms with Crippen LogP contribution in [0.25, 0.3) is 5.65 Å². The third-order valence-corrected chi connectivity index (χ3v) is 3.43. The summed E-state index contributed by atoms with van der Waals surface area (Å²) in [6.07, 6.45) is 8.99. The zero-order chi connectivity index (χ0) is 13.8. The average molecular weight is 275 g/mol. The Balaban J connectivity index is 1.84. The Morgan fingerprint density at radius 1 is 1.50 bits per heavy atom. The Kier molecular flexibility index (Phi) is 4.01. The number of nitrogens with one attached hydrogen (secondary N) is 2. The van der Waals surface area contributed by atoms with Crippen LogP contribution in [0, 0.1) is 0 Å². The van der Waals surface area contributed by atoms with Crippen molar-refractivity contribution in [1.82, 2.24) is 14.4 Å². The molecule has 2 N–H and O–H groups in total. The van der Waals surface area contributed by atoms with Gasteiger partial charge in [-0.2, -0.15) is 0 Å². The maximum absolute atomic E-state index is 5.51. The number of ether oxygens (including phenoxy) is 1. The molecule has 3 heterocycles. The van der Waals surface area contributed by atoms with E-state index in [1.807, 2.05) is 16.8 Å². The lowest BCUT2D eigenvalue weighted by Gasteiger charge is -2.24. The smallest absolute Gasteiger partial charge is 0.180 e. The summed E-state index contributed by atoms with van der Waals surface area (Å²) < 4.78 is 7.51. The highest BCUT2D eigenvalue weighted by Crippen LogP contribution is 2.19. The van der Waals surface area contributed by atoms with Gasteiger partial charge in [0.25, 0.3) is 0 Å². The Morgan fingerprint density at radius 3 is 3.25 bits per heavy atom. The van der Waals surface area contributed by atoms with Gasteiger partial charge in [-0.05, 0) is 19.3 Å². The van der Waals surface area contributed by atoms with Gasteiger partial charge in [0, 0.05) is 25.5 Å². The lowest BCUT2D eigenvalue weighted by atomic mass is 10.1. The molecule has 1 atom stereocenters. The molecular formula is C14H21N5O. The summed E-state index contributed by atoms with van der Waals surface area (Å²) in [6, 6.07) is 0.318. The fourth-order valence-corrected chi connectivity index (χ4v) is 2.41. The zero-order valence-electron chi connectivity index (χ0n) is 11.8. The maximum Gasteiger partial charge on any atom is 0.180 e. The van der Waals surface area contributed by atoms with E-state index in [9.17, 15) is 0 Å². The molecule has 0 aliphatic carbocycles. The van der Waals surface area contributed by atoms with Crippen LogP contribution in [0.15, 0.2) is 18.6 Å². The van der Waals surface area contributed by atoms with Crippen molar-refractivity contribution in [2.45, 2.75) is 32.2 Å². The van der Waals surface area contributed by atoms with Crippen LogP contribution in [-0.4, -0.2) is 40.2 Å². The summed E-state index contributed by atoms with van der Waals surface area (Å²) in [5, 5.41) is 6.79. The first kappa shape index (κ1) is 13.2. The van der Waals surface area contributed by atoms with E-state index in [0.29, 0.717) is 6.04 Å². The zero-order valence-corrected chi connectivity index (χ0v) is 11.8. The third-order valence-electron chi connectivity index (χ3n) is 3.43. The van der Waals surface area contributed by atoms with Gasteiger partial charge in [0.15, 0.2) is 11.5 Å². The molecule has 1 fully saturated rings. The van der Waals surface area contributed by atoms with Crippen molar-refractivity contribution in [1.29, 1.82) is 0 Å². The summed E-state index contributed by atoms with van der Waals surface area (Å²) >= 11 is 0. The van der Waals surface area contributed by atoms with E-state index >= 15 is 0 Å². The Labute approximate surface area is 118 Å². The first-order valence-corrected chi connectivity index (χ1v) is 7.28. The summed E-state index contributed by atoms with van der Waals surface area (Å²) in [5.41, 5.74) is 0.859. The Hall–Kier alpha value is -1.82. The van der Waals surface area contributed by atoms with Gasteiger partial charge in [0.1, 0.15) is 5.82 Å². The van der Waals surface area contributed by atoms with Gasteiger partial charge in [0.05, 0.1) is 18.8 Å². The molecule has 2 aromatic heterocycles. The van der Waals surface area contributed by atoms with Gasteiger partial charge in [-0.25, -0.2) is 9.97 Å². The first-order valence-electron chi connectivity index (χ1n) is 7.28. The second kappa shape index (κ2) is 6.09. The fourth-order valence-electron chi connectivity index (χ4n) is 2.41. The van der Waals surface area contributed by atoms with E-state index in [1.54, 1.807) is 6.20 Å². The molecule has 0 spiro atoms. The SMILES string of the molecule is CCCNc1cn2ccnc2c(NC2CCCOC2)n1. The molecule has 1 saturated heterocycles. The lowest BCUT2D eigenvalue weighted by Crippen LogP contribution is -2.30. The third kappa shape index (κ3) is 2.85. The molecule has 0 bridgehead atoms. The Morgan fingerprint density at radius 2 is 2.45 bits per heavy atom. The number of hydrogen-bond donors (Lipinski definition) is 2. The normalized spacial score (nSPS) is 19.1. The van der Waals surface area contributed by atoms with Crippen LogP contribution in [-0.2, 0) is 4.74 Å². The Bertz CT molecular complexity index is 562. The second-order valence-corrected chi connectivity index (χ2v) is 5.12. The molecule has 0 amide bonds. The van der Waals surface area contributed by atoms with Gasteiger partial charge in [-0.15, -0.1) is 0 Å². The first-order chi connectivity index (χ1) is 9.86. The van der Waals surface area contributed by atoms with Crippen molar-refractivity contribution in [3.05, 3.63) is 18.6 Å². The van der Waals surface area contributed by atoms with Crippen LogP contribution in [0.1, 0.15) is 26.2 Å². The van der Waals surface area contributed by atoms with Crippen molar-refractivity contribution in [3.8, 4) is 0 Å². The number of fused-ring (bicyclic) bond motifs is 1. The molecule has 6 heteroatoms. The molecule has 3 rings (SSSR count). The van der Waals surface area contributed by atoms with Crippen molar-refractivity contribution >= 4 is 17.3 Å². The van der Waals surface area contributed by atoms with Gasteiger partial charge in [-0.1, -0.05) is 6.92 Å². The van der Waals surface area contributed by atoms with Crippen LogP contribution < -0.4 is 10.6 Å². The minimum Gasteiger partial charge on any atom is -0.379 e. The highest BCUT2D eigenvalue weighted by molar-refractivity contribution is 5.65. The largest absolute Gasteiger partial charge is 0.379 e. The number of aromatic nitrogens is 3. The number of nitrogens with zero attached hydrogens (tertiary/aromatic N) is 3. The van der Waals surface area contributed by atoms with E-state index in [-0.39, 0.29) is 0 Å². The monoisotopic (exact) mass is 275 g/mol. The molecule has 108 valence electrons. The lowest BCUT2D eigenvalue weighted by molar-refractivity contribution is 0.0875. The highest BCUT2D eigenvalue weighted by atomic mass is 16.5. The predicted octanol–water partition coefficient (Wildman–Crippen LogP) is 2.14. The highest BCUT2D eigenvalue weighted by Gasteiger charge is 2.16. The summed E-state index contributed by atoms with van der Waals surface area (Å²) in [7, 11) is 0. The van der Waals surface area contributed by atoms with Crippen molar-refractivity contribution in [3.63, 3.8) is 0 Å². The second-order valence-electron chi connectivity index (χ2n) is 5.12. The van der Waals surface area contributed by atoms with Crippen LogP contribution >= 0.6 is 0 Å². The standard InChI is InChI=1S/C14H21N5O/c1-2-5-15-12-9-19-7-6-16-14(19)13(18-12)17-11-4-3-8-20-10-11/h6-7,9,11,15H,2-5,8,10H2,1H3,(H,17,18). The van der Waals surface area contributed by atoms with Gasteiger partial charge >= 0.3 is 0 Å². The molecule has 20 heavy (non-hydrogen) atoms. The molecule has 0 aromatic carbocycles. The maximum atomic E-state index is 5.51. The van der Waals surface area contributed by atoms with E-state index in [4.69, 9.17) is 4.74 Å². The minimum absolute atomic E-state index is 0.318. The van der Waals surface area contributed by atoms with Crippen LogP contribution in [0.3, 0.4) is 0 Å². The quantitative estimate of drug-likeness (QED) is 0.875. The van der Waals surface area contributed by atoms with Gasteiger partial charge in [-0.3, -0.25) is 0 Å². The number of rotatable bonds is 5. The summed E-state index contributed by atoms with van der Waals surface area (Å²) in [6.45, 7) is 4.66. The molecule has 2 aromatic rings. The summed E-state index contributed by atoms with van der Waals surface area (Å²) in [4.78, 5) is 9.02. The van der Waals surface area contributed by atoms with Crippen molar-refractivity contribution < 1.29 is 4.74 Å². The van der Waals surface area contributed by atoms with E-state index in [0.717, 1.165) is 56.3 Å². The van der Waals surface area contributed by atoms with E-state index < -0.39 is 0 Å². The average Bonchev–Trinajstić information content (AvgIpc) is 2.95. The molecule has 1 unspecified atom stereocenters. The molecular weight excluding hydrogens is 254 g/mol. The molecule has 6 nitrogen and oxygen atoms in total. The number of anilines is 2. The molecule has 1 aliphatic rings. The molecule has 1 aliphatic heterocycles. The summed E-state index contributed by atoms with van der Waals surface area (Å²) in [5.74, 6) is 1.70. The van der Waals surface area contributed by atoms with Gasteiger partial charge < -0.3 is 19.8 Å². The van der Waals surface area contributed by atoms with Crippen LogP contribution in [0.2, 0.25) is 0 Å². The van der Waals surface area contributed by atoms with Crippen molar-refractivity contribution in [2.24, 2.45) is 0 Å². The van der Waals surface area contributed by atoms with E-state index in [2.05, 4.69) is 27.5 Å². The fraction of sp³-hybridized carbons (Fsp3) is 0.571. The topological polar surface area (TPSA) is 63.5 Å². The number of imidazole rings is 1. The molecule has 0 radical (unpaired) electrons. The van der Waals surface area contributed by atoms with Gasteiger partial charge in [0.2, 0.25) is 0 Å². The molecule has 0 saturated carbocycles. The van der Waals surface area contributed by atoms with E-state index in [1.165, 1.54) is 0 Å². The van der Waals surface area contributed by atoms with Crippen LogP contribution in [0.5, 0.6) is 0 Å². The predicted molar refractivity (Wildman–Crippen MR) is 79.2 cm³/mol. The minimum atomic E-state index is 0.318. The van der Waals surface area contributed by atoms with Crippen LogP contribution in [0.4, 0.5) is 11.6 Å².